The van der Waals surface area contributed by atoms with Crippen molar-refractivity contribution in [3.8, 4) is 10.6 Å². The summed E-state index contributed by atoms with van der Waals surface area (Å²) in [6.07, 6.45) is 0.0553. The number of benzene rings is 1. The number of carbonyl (C=O) groups is 2. The quantitative estimate of drug-likeness (QED) is 0.607. The second-order valence-electron chi connectivity index (χ2n) is 5.63. The minimum Gasteiger partial charge on any atom is -0.324 e. The third kappa shape index (κ3) is 3.62. The molecule has 3 aromatic rings. The second kappa shape index (κ2) is 7.14. The maximum Gasteiger partial charge on any atom is 0.238 e. The van der Waals surface area contributed by atoms with Crippen LogP contribution in [0.1, 0.15) is 6.42 Å². The maximum absolute atomic E-state index is 12.3. The number of amides is 2. The third-order valence-electron chi connectivity index (χ3n) is 3.76. The predicted octanol–water partition coefficient (Wildman–Crippen LogP) is 4.23. The Balaban J connectivity index is 1.40. The van der Waals surface area contributed by atoms with E-state index in [-0.39, 0.29) is 18.2 Å². The normalized spacial score (nSPS) is 16.0. The first-order valence-electron chi connectivity index (χ1n) is 7.75. The number of aromatic amines is 1. The zero-order valence-corrected chi connectivity index (χ0v) is 15.7. The van der Waals surface area contributed by atoms with E-state index < -0.39 is 5.25 Å². The Kier molecular flexibility index (Phi) is 4.71. The van der Waals surface area contributed by atoms with Gasteiger partial charge in [0.05, 0.1) is 21.5 Å². The van der Waals surface area contributed by atoms with Crippen LogP contribution in [0.25, 0.3) is 10.6 Å². The molecule has 4 rings (SSSR count). The summed E-state index contributed by atoms with van der Waals surface area (Å²) in [5.41, 5.74) is 1.52. The topological polar surface area (TPSA) is 86.9 Å². The monoisotopic (exact) mass is 404 g/mol. The zero-order chi connectivity index (χ0) is 18.1. The van der Waals surface area contributed by atoms with Gasteiger partial charge < -0.3 is 10.6 Å². The number of nitrogens with one attached hydrogen (secondary N) is 3. The molecule has 0 saturated carbocycles. The molecule has 9 heteroatoms. The molecule has 0 radical (unpaired) electrons. The van der Waals surface area contributed by atoms with Crippen molar-refractivity contribution >= 4 is 58.0 Å². The van der Waals surface area contributed by atoms with Crippen LogP contribution in [0.15, 0.2) is 46.7 Å². The molecule has 3 N–H and O–H groups in total. The largest absolute Gasteiger partial charge is 0.324 e. The SMILES string of the molecule is O=C(CC1Sc2ccc(Cl)cc2NC1=O)Nc1cc(-c2cccs2)[nH]n1. The van der Waals surface area contributed by atoms with Crippen molar-refractivity contribution < 1.29 is 9.59 Å². The number of anilines is 2. The molecule has 0 saturated heterocycles. The van der Waals surface area contributed by atoms with Crippen LogP contribution in [0.5, 0.6) is 0 Å². The average molecular weight is 405 g/mol. The maximum atomic E-state index is 12.3. The Hall–Kier alpha value is -2.29. The van der Waals surface area contributed by atoms with Crippen molar-refractivity contribution in [1.29, 1.82) is 0 Å². The molecule has 1 aliphatic rings. The van der Waals surface area contributed by atoms with Crippen molar-refractivity contribution in [3.63, 3.8) is 0 Å². The van der Waals surface area contributed by atoms with Crippen molar-refractivity contribution in [2.45, 2.75) is 16.6 Å². The molecule has 2 aromatic heterocycles. The van der Waals surface area contributed by atoms with Gasteiger partial charge in [-0.3, -0.25) is 14.7 Å². The molecule has 0 bridgehead atoms. The van der Waals surface area contributed by atoms with Crippen LogP contribution in [0.2, 0.25) is 5.02 Å². The fourth-order valence-electron chi connectivity index (χ4n) is 2.56. The second-order valence-corrected chi connectivity index (χ2v) is 8.26. The van der Waals surface area contributed by atoms with Crippen LogP contribution in [-0.2, 0) is 9.59 Å². The van der Waals surface area contributed by atoms with Gasteiger partial charge >= 0.3 is 0 Å². The molecule has 1 aromatic carbocycles. The van der Waals surface area contributed by atoms with Crippen LogP contribution in [0.4, 0.5) is 11.5 Å². The summed E-state index contributed by atoms with van der Waals surface area (Å²) < 4.78 is 0. The number of nitrogens with zero attached hydrogens (tertiary/aromatic N) is 1. The molecule has 0 fully saturated rings. The Morgan fingerprint density at radius 1 is 1.31 bits per heavy atom. The van der Waals surface area contributed by atoms with E-state index in [2.05, 4.69) is 20.8 Å². The summed E-state index contributed by atoms with van der Waals surface area (Å²) in [5.74, 6) is -0.0349. The molecule has 6 nitrogen and oxygen atoms in total. The Labute approximate surface area is 162 Å². The van der Waals surface area contributed by atoms with Gasteiger partial charge in [-0.15, -0.1) is 23.1 Å². The molecule has 132 valence electrons. The number of hydrogen-bond acceptors (Lipinski definition) is 5. The lowest BCUT2D eigenvalue weighted by atomic mass is 10.2. The number of thioether (sulfide) groups is 1. The molecule has 1 atom stereocenters. The summed E-state index contributed by atoms with van der Waals surface area (Å²) in [4.78, 5) is 26.5. The van der Waals surface area contributed by atoms with Crippen molar-refractivity contribution in [2.24, 2.45) is 0 Å². The van der Waals surface area contributed by atoms with E-state index in [1.807, 2.05) is 23.6 Å². The van der Waals surface area contributed by atoms with Gasteiger partial charge in [0, 0.05) is 22.4 Å². The first-order valence-corrected chi connectivity index (χ1v) is 9.88. The number of thiophene rings is 1. The fourth-order valence-corrected chi connectivity index (χ4v) is 4.52. The fraction of sp³-hybridized carbons (Fsp3) is 0.118. The van der Waals surface area contributed by atoms with E-state index >= 15 is 0 Å². The van der Waals surface area contributed by atoms with Gasteiger partial charge in [0.15, 0.2) is 5.82 Å². The highest BCUT2D eigenvalue weighted by atomic mass is 35.5. The Morgan fingerprint density at radius 3 is 3.00 bits per heavy atom. The highest BCUT2D eigenvalue weighted by Crippen LogP contribution is 2.38. The van der Waals surface area contributed by atoms with Gasteiger partial charge in [-0.05, 0) is 29.6 Å². The number of hydrogen-bond donors (Lipinski definition) is 3. The molecule has 0 spiro atoms. The number of halogens is 1. The predicted molar refractivity (Wildman–Crippen MR) is 105 cm³/mol. The van der Waals surface area contributed by atoms with Gasteiger partial charge in [-0.25, -0.2) is 0 Å². The first-order chi connectivity index (χ1) is 12.6. The number of aromatic nitrogens is 2. The summed E-state index contributed by atoms with van der Waals surface area (Å²) in [6.45, 7) is 0. The molecule has 1 unspecified atom stereocenters. The smallest absolute Gasteiger partial charge is 0.238 e. The minimum absolute atomic E-state index is 0.0553. The lowest BCUT2D eigenvalue weighted by molar-refractivity contribution is -0.120. The Bertz CT molecular complexity index is 971. The van der Waals surface area contributed by atoms with Crippen LogP contribution in [0, 0.1) is 0 Å². The summed E-state index contributed by atoms with van der Waals surface area (Å²) in [7, 11) is 0. The van der Waals surface area contributed by atoms with E-state index in [1.165, 1.54) is 11.8 Å². The lowest BCUT2D eigenvalue weighted by Gasteiger charge is -2.23. The highest BCUT2D eigenvalue weighted by Gasteiger charge is 2.29. The number of fused-ring (bicyclic) bond motifs is 1. The molecule has 2 amide bonds. The average Bonchev–Trinajstić information content (AvgIpc) is 3.27. The molecule has 3 heterocycles. The van der Waals surface area contributed by atoms with E-state index in [9.17, 15) is 9.59 Å². The van der Waals surface area contributed by atoms with Crippen LogP contribution >= 0.6 is 34.7 Å². The van der Waals surface area contributed by atoms with Crippen molar-refractivity contribution in [3.05, 3.63) is 46.8 Å². The molecular formula is C17H13ClN4O2S2. The summed E-state index contributed by atoms with van der Waals surface area (Å²) >= 11 is 8.88. The highest BCUT2D eigenvalue weighted by molar-refractivity contribution is 8.01. The van der Waals surface area contributed by atoms with Gasteiger partial charge in [0.25, 0.3) is 0 Å². The van der Waals surface area contributed by atoms with Gasteiger partial charge in [-0.1, -0.05) is 17.7 Å². The molecule has 1 aliphatic heterocycles. The van der Waals surface area contributed by atoms with Gasteiger partial charge in [0.2, 0.25) is 11.8 Å². The Morgan fingerprint density at radius 2 is 2.19 bits per heavy atom. The van der Waals surface area contributed by atoms with Gasteiger partial charge in [-0.2, -0.15) is 5.10 Å². The van der Waals surface area contributed by atoms with Crippen LogP contribution < -0.4 is 10.6 Å². The van der Waals surface area contributed by atoms with E-state index in [1.54, 1.807) is 29.5 Å². The molecule has 26 heavy (non-hydrogen) atoms. The molecular weight excluding hydrogens is 392 g/mol. The summed E-state index contributed by atoms with van der Waals surface area (Å²) in [6, 6.07) is 11.0. The third-order valence-corrected chi connectivity index (χ3v) is 6.18. The van der Waals surface area contributed by atoms with Crippen molar-refractivity contribution in [2.75, 3.05) is 10.6 Å². The van der Waals surface area contributed by atoms with E-state index in [4.69, 9.17) is 11.6 Å². The molecule has 0 aliphatic carbocycles. The van der Waals surface area contributed by atoms with Crippen LogP contribution in [0.3, 0.4) is 0 Å². The van der Waals surface area contributed by atoms with E-state index in [0.717, 1.165) is 15.5 Å². The standard InChI is InChI=1S/C17H13ClN4O2S2/c18-9-3-4-13-10(6-9)19-17(24)14(26-13)8-16(23)20-15-7-11(21-22-15)12-2-1-5-25-12/h1-7,14H,8H2,(H,19,24)(H2,20,21,22,23). The lowest BCUT2D eigenvalue weighted by Crippen LogP contribution is -2.32. The number of rotatable bonds is 4. The van der Waals surface area contributed by atoms with Crippen LogP contribution in [-0.4, -0.2) is 27.3 Å². The summed E-state index contributed by atoms with van der Waals surface area (Å²) in [5, 5.41) is 14.5. The van der Waals surface area contributed by atoms with E-state index in [0.29, 0.717) is 16.5 Å². The van der Waals surface area contributed by atoms with Crippen molar-refractivity contribution in [1.82, 2.24) is 10.2 Å². The minimum atomic E-state index is -0.501. The zero-order valence-electron chi connectivity index (χ0n) is 13.3. The number of carbonyl (C=O) groups excluding carboxylic acids is 2. The first kappa shape index (κ1) is 17.1. The van der Waals surface area contributed by atoms with Gasteiger partial charge in [0.1, 0.15) is 0 Å². The number of H-pyrrole nitrogens is 1.